The third-order valence-electron chi connectivity index (χ3n) is 8.78. The number of halogens is 6. The fourth-order valence-corrected chi connectivity index (χ4v) is 5.99. The molecule has 1 heterocycles. The summed E-state index contributed by atoms with van der Waals surface area (Å²) in [5.41, 5.74) is -1.60. The Morgan fingerprint density at radius 3 is 2.14 bits per heavy atom. The van der Waals surface area contributed by atoms with Crippen LogP contribution in [-0.4, -0.2) is 47.2 Å². The van der Waals surface area contributed by atoms with Gasteiger partial charge in [0, 0.05) is 18.2 Å². The van der Waals surface area contributed by atoms with Gasteiger partial charge in [-0.3, -0.25) is 4.79 Å². The van der Waals surface area contributed by atoms with Gasteiger partial charge in [-0.1, -0.05) is 25.5 Å². The van der Waals surface area contributed by atoms with Gasteiger partial charge in [-0.15, -0.1) is 0 Å². The molecule has 0 bridgehead atoms. The smallest absolute Gasteiger partial charge is 0.416 e. The zero-order valence-electron chi connectivity index (χ0n) is 25.4. The second-order valence-electron chi connectivity index (χ2n) is 12.9. The second kappa shape index (κ2) is 11.7. The van der Waals surface area contributed by atoms with Crippen molar-refractivity contribution in [3.8, 4) is 5.75 Å². The molecule has 0 spiro atoms. The quantitative estimate of drug-likeness (QED) is 0.305. The average molecular weight is 630 g/mol. The number of aliphatic hydroxyl groups is 1. The summed E-state index contributed by atoms with van der Waals surface area (Å²) in [5, 5.41) is 20.7. The number of hydrogen-bond acceptors (Lipinski definition) is 5. The van der Waals surface area contributed by atoms with Crippen molar-refractivity contribution in [2.75, 3.05) is 13.7 Å². The second-order valence-corrected chi connectivity index (χ2v) is 12.9. The summed E-state index contributed by atoms with van der Waals surface area (Å²) < 4.78 is 92.6. The van der Waals surface area contributed by atoms with E-state index in [1.54, 1.807) is 39.0 Å². The van der Waals surface area contributed by atoms with E-state index in [2.05, 4.69) is 13.8 Å². The third kappa shape index (κ3) is 6.77. The minimum absolute atomic E-state index is 0.0612. The molecule has 0 radical (unpaired) electrons. The highest BCUT2D eigenvalue weighted by molar-refractivity contribution is 5.82. The molecule has 6 nitrogen and oxygen atoms in total. The van der Waals surface area contributed by atoms with Crippen molar-refractivity contribution in [2.45, 2.75) is 90.2 Å². The first-order valence-electron chi connectivity index (χ1n) is 14.2. The average Bonchev–Trinajstić information content (AvgIpc) is 3.19. The number of allylic oxidation sites excluding steroid dienone is 1. The van der Waals surface area contributed by atoms with Gasteiger partial charge in [0.15, 0.2) is 0 Å². The highest BCUT2D eigenvalue weighted by Gasteiger charge is 2.44. The number of rotatable bonds is 7. The molecule has 2 aliphatic rings. The lowest BCUT2D eigenvalue weighted by Crippen LogP contribution is -2.38. The number of carbonyl (C=O) groups is 1. The number of ether oxygens (including phenoxy) is 2. The first kappa shape index (κ1) is 33.8. The first-order valence-corrected chi connectivity index (χ1v) is 14.2. The molecule has 3 unspecified atom stereocenters. The highest BCUT2D eigenvalue weighted by Crippen LogP contribution is 2.47. The molecule has 242 valence electrons. The van der Waals surface area contributed by atoms with Gasteiger partial charge in [-0.05, 0) is 92.5 Å². The van der Waals surface area contributed by atoms with E-state index in [9.17, 15) is 41.4 Å². The van der Waals surface area contributed by atoms with Crippen LogP contribution in [0, 0.1) is 5.41 Å². The van der Waals surface area contributed by atoms with Crippen molar-refractivity contribution in [3.05, 3.63) is 69.8 Å². The summed E-state index contributed by atoms with van der Waals surface area (Å²) in [6.45, 7) is 9.04. The lowest BCUT2D eigenvalue weighted by atomic mass is 9.72. The maximum Gasteiger partial charge on any atom is 0.416 e. The maximum atomic E-state index is 13.6. The molecule has 2 aromatic carbocycles. The summed E-state index contributed by atoms with van der Waals surface area (Å²) in [4.78, 5) is 13.5. The Bertz CT molecular complexity index is 1410. The monoisotopic (exact) mass is 629 g/mol. The number of aliphatic hydroxyl groups excluding tert-OH is 1. The van der Waals surface area contributed by atoms with Crippen LogP contribution in [0.1, 0.15) is 87.8 Å². The van der Waals surface area contributed by atoms with Gasteiger partial charge in [0.25, 0.3) is 0 Å². The van der Waals surface area contributed by atoms with Crippen LogP contribution in [0.25, 0.3) is 5.57 Å². The molecular weight excluding hydrogens is 592 g/mol. The molecule has 12 heteroatoms. The molecule has 2 N–H and O–H groups in total. The van der Waals surface area contributed by atoms with Crippen molar-refractivity contribution in [2.24, 2.45) is 5.41 Å². The van der Waals surface area contributed by atoms with Crippen molar-refractivity contribution < 1.29 is 50.8 Å². The summed E-state index contributed by atoms with van der Waals surface area (Å²) in [5.74, 6) is -0.483. The molecule has 4 rings (SSSR count). The van der Waals surface area contributed by atoms with E-state index in [1.165, 1.54) is 12.0 Å². The Balaban J connectivity index is 1.77. The molecule has 0 amide bonds. The van der Waals surface area contributed by atoms with Gasteiger partial charge < -0.3 is 19.7 Å². The van der Waals surface area contributed by atoms with Crippen LogP contribution in [0.5, 0.6) is 5.75 Å². The molecule has 3 atom stereocenters. The van der Waals surface area contributed by atoms with Crippen LogP contribution >= 0.6 is 0 Å². The zero-order valence-corrected chi connectivity index (χ0v) is 25.4. The van der Waals surface area contributed by atoms with Crippen LogP contribution in [0.2, 0.25) is 0 Å². The third-order valence-corrected chi connectivity index (χ3v) is 8.78. The zero-order chi connectivity index (χ0) is 33.0. The summed E-state index contributed by atoms with van der Waals surface area (Å²) >= 11 is 0. The van der Waals surface area contributed by atoms with E-state index in [-0.39, 0.29) is 23.6 Å². The minimum atomic E-state index is -5.02. The van der Waals surface area contributed by atoms with E-state index in [0.29, 0.717) is 41.9 Å². The lowest BCUT2D eigenvalue weighted by Gasteiger charge is -2.36. The largest absolute Gasteiger partial charge is 0.496 e. The van der Waals surface area contributed by atoms with Gasteiger partial charge in [0.05, 0.1) is 23.7 Å². The van der Waals surface area contributed by atoms with E-state index in [1.807, 2.05) is 0 Å². The molecular formula is C32H37F6NO5. The topological polar surface area (TPSA) is 79.2 Å². The normalized spacial score (nSPS) is 23.2. The van der Waals surface area contributed by atoms with E-state index < -0.39 is 53.4 Å². The van der Waals surface area contributed by atoms with E-state index >= 15 is 0 Å². The molecule has 1 aliphatic heterocycles. The van der Waals surface area contributed by atoms with Crippen molar-refractivity contribution in [1.29, 1.82) is 0 Å². The number of hydrogen-bond donors (Lipinski definition) is 2. The van der Waals surface area contributed by atoms with E-state index in [0.717, 1.165) is 17.6 Å². The van der Waals surface area contributed by atoms with Crippen LogP contribution in [0.4, 0.5) is 26.3 Å². The summed E-state index contributed by atoms with van der Waals surface area (Å²) in [6, 6.07) is 5.70. The Morgan fingerprint density at radius 1 is 1.02 bits per heavy atom. The number of aliphatic carboxylic acids is 1. The van der Waals surface area contributed by atoms with Crippen molar-refractivity contribution in [3.63, 3.8) is 0 Å². The molecule has 1 saturated heterocycles. The molecule has 1 aliphatic carbocycles. The number of nitrogens with zero attached hydrogens (tertiary/aromatic N) is 1. The molecule has 0 aromatic heterocycles. The first-order chi connectivity index (χ1) is 20.2. The summed E-state index contributed by atoms with van der Waals surface area (Å²) in [6.07, 6.45) is -11.0. The Morgan fingerprint density at radius 2 is 1.61 bits per heavy atom. The van der Waals surface area contributed by atoms with Crippen LogP contribution in [-0.2, 0) is 27.3 Å². The molecule has 44 heavy (non-hydrogen) atoms. The van der Waals surface area contributed by atoms with Crippen LogP contribution in [0.3, 0.4) is 0 Å². The van der Waals surface area contributed by atoms with Gasteiger partial charge in [0.1, 0.15) is 11.9 Å². The number of alkyl halides is 6. The SMILES string of the molecule is COc1ccc(C(C)(C)C(=O)O)cc1C1=C(CN2C(O)OC(c3cc(C(F)(F)F)cc(C(F)(F)F)c3)C2C)CC(C)(C)CC1. The van der Waals surface area contributed by atoms with Gasteiger partial charge >= 0.3 is 18.3 Å². The Kier molecular flexibility index (Phi) is 8.98. The fraction of sp³-hybridized carbons (Fsp3) is 0.531. The van der Waals surface area contributed by atoms with Crippen LogP contribution in [0.15, 0.2) is 42.0 Å². The van der Waals surface area contributed by atoms with Crippen LogP contribution < -0.4 is 4.74 Å². The number of benzene rings is 2. The highest BCUT2D eigenvalue weighted by atomic mass is 19.4. The lowest BCUT2D eigenvalue weighted by molar-refractivity contribution is -0.150. The van der Waals surface area contributed by atoms with E-state index in [4.69, 9.17) is 9.47 Å². The van der Waals surface area contributed by atoms with Crippen molar-refractivity contribution >= 4 is 11.5 Å². The Labute approximate surface area is 252 Å². The standard InChI is InChI=1S/C32H37F6NO5/c1-17-26(18-11-21(31(33,34)35)13-22(12-18)32(36,37)38)44-28(42)39(17)16-19-15-29(2,3)10-9-23(19)24-14-20(7-8-25(24)43-6)30(4,5)27(40)41/h7-8,11-14,17,26,28,42H,9-10,15-16H2,1-6H3,(H,40,41). The molecule has 0 saturated carbocycles. The summed E-state index contributed by atoms with van der Waals surface area (Å²) in [7, 11) is 1.50. The molecule has 2 aromatic rings. The number of methoxy groups -OCH3 is 1. The fourth-order valence-electron chi connectivity index (χ4n) is 5.99. The number of carboxylic acid groups (broad SMARTS) is 1. The number of carboxylic acids is 1. The predicted molar refractivity (Wildman–Crippen MR) is 151 cm³/mol. The Hall–Kier alpha value is -3.09. The van der Waals surface area contributed by atoms with Crippen molar-refractivity contribution in [1.82, 2.24) is 4.90 Å². The predicted octanol–water partition coefficient (Wildman–Crippen LogP) is 7.80. The minimum Gasteiger partial charge on any atom is -0.496 e. The maximum absolute atomic E-state index is 13.6. The van der Waals surface area contributed by atoms with Gasteiger partial charge in [-0.2, -0.15) is 26.3 Å². The van der Waals surface area contributed by atoms with Gasteiger partial charge in [-0.25, -0.2) is 4.90 Å². The molecule has 1 fully saturated rings. The van der Waals surface area contributed by atoms with Gasteiger partial charge in [0.2, 0.25) is 6.41 Å².